The van der Waals surface area contributed by atoms with Crippen LogP contribution in [0.5, 0.6) is 0 Å². The van der Waals surface area contributed by atoms with Gasteiger partial charge in [-0.05, 0) is 39.3 Å². The molecule has 1 aliphatic rings. The zero-order chi connectivity index (χ0) is 13.4. The highest BCUT2D eigenvalue weighted by atomic mass is 32.1. The number of hydrogen-bond donors (Lipinski definition) is 1. The Kier molecular flexibility index (Phi) is 3.43. The number of aryl methyl sites for hydroxylation is 2. The number of nitrogens with zero attached hydrogens (tertiary/aromatic N) is 1. The van der Waals surface area contributed by atoms with Crippen LogP contribution in [0.2, 0.25) is 0 Å². The molecule has 0 radical (unpaired) electrons. The first kappa shape index (κ1) is 13.1. The summed E-state index contributed by atoms with van der Waals surface area (Å²) >= 11 is 1.69. The van der Waals surface area contributed by atoms with Crippen molar-refractivity contribution >= 4 is 23.2 Å². The second-order valence-corrected chi connectivity index (χ2v) is 6.17. The number of thiophene rings is 1. The van der Waals surface area contributed by atoms with Gasteiger partial charge < -0.3 is 10.2 Å². The number of hydrogen-bond acceptors (Lipinski definition) is 3. The van der Waals surface area contributed by atoms with Crippen LogP contribution in [0.4, 0.5) is 0 Å². The molecule has 1 aromatic heterocycles. The van der Waals surface area contributed by atoms with Gasteiger partial charge in [-0.2, -0.15) is 0 Å². The summed E-state index contributed by atoms with van der Waals surface area (Å²) in [6.45, 7) is 8.15. The molecule has 0 bridgehead atoms. The highest BCUT2D eigenvalue weighted by Gasteiger charge is 2.35. The van der Waals surface area contributed by atoms with Crippen LogP contribution in [0.3, 0.4) is 0 Å². The molecular formula is C13H18N2O2S. The van der Waals surface area contributed by atoms with E-state index in [4.69, 9.17) is 0 Å². The molecule has 0 spiro atoms. The quantitative estimate of drug-likeness (QED) is 0.884. The monoisotopic (exact) mass is 266 g/mol. The van der Waals surface area contributed by atoms with E-state index in [0.717, 1.165) is 4.88 Å². The maximum atomic E-state index is 12.1. The molecule has 0 aromatic carbocycles. The van der Waals surface area contributed by atoms with Gasteiger partial charge in [-0.25, -0.2) is 0 Å². The molecule has 1 aliphatic heterocycles. The lowest BCUT2D eigenvalue weighted by Crippen LogP contribution is -2.60. The average molecular weight is 266 g/mol. The first-order valence-electron chi connectivity index (χ1n) is 6.07. The molecule has 5 heteroatoms. The second-order valence-electron chi connectivity index (χ2n) is 4.82. The maximum absolute atomic E-state index is 12.1. The van der Waals surface area contributed by atoms with Crippen LogP contribution >= 0.6 is 11.3 Å². The Labute approximate surface area is 111 Å². The van der Waals surface area contributed by atoms with Gasteiger partial charge in [0.1, 0.15) is 12.1 Å². The topological polar surface area (TPSA) is 49.4 Å². The van der Waals surface area contributed by atoms with Gasteiger partial charge in [0.25, 0.3) is 0 Å². The average Bonchev–Trinajstić information content (AvgIpc) is 2.62. The molecule has 0 saturated carbocycles. The van der Waals surface area contributed by atoms with Gasteiger partial charge in [0.15, 0.2) is 0 Å². The molecule has 2 heterocycles. The smallest absolute Gasteiger partial charge is 0.245 e. The van der Waals surface area contributed by atoms with Crippen LogP contribution in [0, 0.1) is 13.8 Å². The van der Waals surface area contributed by atoms with Crippen molar-refractivity contribution in [1.82, 2.24) is 10.2 Å². The summed E-state index contributed by atoms with van der Waals surface area (Å²) in [6, 6.07) is 1.28. The van der Waals surface area contributed by atoms with Crippen LogP contribution < -0.4 is 5.32 Å². The Morgan fingerprint density at radius 2 is 2.00 bits per heavy atom. The first-order chi connectivity index (χ1) is 8.40. The zero-order valence-electron chi connectivity index (χ0n) is 11.1. The molecule has 4 nitrogen and oxygen atoms in total. The number of nitrogens with one attached hydrogen (secondary N) is 1. The Morgan fingerprint density at radius 3 is 2.56 bits per heavy atom. The molecule has 1 aromatic rings. The van der Waals surface area contributed by atoms with Crippen LogP contribution in [0.1, 0.15) is 29.2 Å². The van der Waals surface area contributed by atoms with Crippen molar-refractivity contribution in [3.63, 3.8) is 0 Å². The standard InChI is InChI=1S/C13H18N2O2S/c1-7-5-11(18-10(7)4)6-15-9(3)12(16)14-8(2)13(15)17/h5,8-9H,6H2,1-4H3,(H,14,16). The van der Waals surface area contributed by atoms with E-state index in [9.17, 15) is 9.59 Å². The Hall–Kier alpha value is -1.36. The second kappa shape index (κ2) is 4.72. The van der Waals surface area contributed by atoms with E-state index >= 15 is 0 Å². The fourth-order valence-corrected chi connectivity index (χ4v) is 3.14. The largest absolute Gasteiger partial charge is 0.343 e. The van der Waals surface area contributed by atoms with E-state index < -0.39 is 12.1 Å². The third-order valence-corrected chi connectivity index (χ3v) is 4.54. The van der Waals surface area contributed by atoms with E-state index in [-0.39, 0.29) is 11.8 Å². The van der Waals surface area contributed by atoms with E-state index in [1.54, 1.807) is 30.1 Å². The lowest BCUT2D eigenvalue weighted by molar-refractivity contribution is -0.148. The predicted molar refractivity (Wildman–Crippen MR) is 71.4 cm³/mol. The van der Waals surface area contributed by atoms with Crippen molar-refractivity contribution in [3.05, 3.63) is 21.4 Å². The first-order valence-corrected chi connectivity index (χ1v) is 6.88. The van der Waals surface area contributed by atoms with Crippen LogP contribution in [0.15, 0.2) is 6.07 Å². The van der Waals surface area contributed by atoms with Crippen molar-refractivity contribution in [2.24, 2.45) is 0 Å². The summed E-state index contributed by atoms with van der Waals surface area (Å²) in [7, 11) is 0. The summed E-state index contributed by atoms with van der Waals surface area (Å²) in [5.41, 5.74) is 1.24. The summed E-state index contributed by atoms with van der Waals surface area (Å²) in [5.74, 6) is -0.0853. The molecule has 0 aliphatic carbocycles. The Balaban J connectivity index is 2.20. The maximum Gasteiger partial charge on any atom is 0.245 e. The van der Waals surface area contributed by atoms with Gasteiger partial charge in [0, 0.05) is 9.75 Å². The lowest BCUT2D eigenvalue weighted by Gasteiger charge is -2.35. The molecule has 1 fully saturated rings. The van der Waals surface area contributed by atoms with Crippen molar-refractivity contribution in [3.8, 4) is 0 Å². The molecule has 2 unspecified atom stereocenters. The number of amides is 2. The minimum atomic E-state index is -0.421. The van der Waals surface area contributed by atoms with Crippen LogP contribution in [0.25, 0.3) is 0 Å². The molecule has 18 heavy (non-hydrogen) atoms. The minimum absolute atomic E-state index is 0.00851. The number of rotatable bonds is 2. The van der Waals surface area contributed by atoms with E-state index in [1.165, 1.54) is 10.4 Å². The molecule has 2 rings (SSSR count). The van der Waals surface area contributed by atoms with Crippen LogP contribution in [-0.4, -0.2) is 28.8 Å². The molecule has 98 valence electrons. The summed E-state index contributed by atoms with van der Waals surface area (Å²) in [5, 5.41) is 2.68. The van der Waals surface area contributed by atoms with Crippen molar-refractivity contribution in [1.29, 1.82) is 0 Å². The third-order valence-electron chi connectivity index (χ3n) is 3.40. The number of carbonyl (C=O) groups excluding carboxylic acids is 2. The van der Waals surface area contributed by atoms with E-state index in [1.807, 2.05) is 0 Å². The van der Waals surface area contributed by atoms with E-state index in [0.29, 0.717) is 6.54 Å². The molecule has 1 N–H and O–H groups in total. The van der Waals surface area contributed by atoms with Crippen LogP contribution in [-0.2, 0) is 16.1 Å². The Morgan fingerprint density at radius 1 is 1.33 bits per heavy atom. The molecule has 2 amide bonds. The van der Waals surface area contributed by atoms with Crippen molar-refractivity contribution < 1.29 is 9.59 Å². The van der Waals surface area contributed by atoms with E-state index in [2.05, 4.69) is 25.2 Å². The summed E-state index contributed by atoms with van der Waals surface area (Å²) < 4.78 is 0. The zero-order valence-corrected chi connectivity index (χ0v) is 11.9. The highest BCUT2D eigenvalue weighted by Crippen LogP contribution is 2.24. The Bertz CT molecular complexity index is 476. The van der Waals surface area contributed by atoms with Crippen molar-refractivity contribution in [2.75, 3.05) is 0 Å². The van der Waals surface area contributed by atoms with Gasteiger partial charge in [-0.1, -0.05) is 0 Å². The fraction of sp³-hybridized carbons (Fsp3) is 0.538. The van der Waals surface area contributed by atoms with Gasteiger partial charge in [-0.15, -0.1) is 11.3 Å². The predicted octanol–water partition coefficient (Wildman–Crippen LogP) is 1.60. The highest BCUT2D eigenvalue weighted by molar-refractivity contribution is 7.12. The normalized spacial score (nSPS) is 24.3. The SMILES string of the molecule is Cc1cc(CN2C(=O)C(C)NC(=O)C2C)sc1C. The molecular weight excluding hydrogens is 248 g/mol. The third kappa shape index (κ3) is 2.27. The van der Waals surface area contributed by atoms with Crippen molar-refractivity contribution in [2.45, 2.75) is 46.3 Å². The van der Waals surface area contributed by atoms with Gasteiger partial charge in [-0.3, -0.25) is 9.59 Å². The number of carbonyl (C=O) groups is 2. The van der Waals surface area contributed by atoms with Gasteiger partial charge in [0.2, 0.25) is 11.8 Å². The minimum Gasteiger partial charge on any atom is -0.343 e. The van der Waals surface area contributed by atoms with Gasteiger partial charge in [0.05, 0.1) is 6.54 Å². The van der Waals surface area contributed by atoms with Gasteiger partial charge >= 0.3 is 0 Å². The lowest BCUT2D eigenvalue weighted by atomic mass is 10.1. The molecule has 2 atom stereocenters. The summed E-state index contributed by atoms with van der Waals surface area (Å²) in [4.78, 5) is 27.9. The number of piperazine rings is 1. The molecule has 1 saturated heterocycles. The summed E-state index contributed by atoms with van der Waals surface area (Å²) in [6.07, 6.45) is 0. The fourth-order valence-electron chi connectivity index (χ4n) is 2.09.